The van der Waals surface area contributed by atoms with Crippen LogP contribution >= 0.6 is 0 Å². The summed E-state index contributed by atoms with van der Waals surface area (Å²) in [6.07, 6.45) is 7.05. The van der Waals surface area contributed by atoms with Crippen LogP contribution in [0.5, 0.6) is 0 Å². The zero-order valence-electron chi connectivity index (χ0n) is 11.7. The Morgan fingerprint density at radius 1 is 1.45 bits per heavy atom. The van der Waals surface area contributed by atoms with E-state index in [9.17, 15) is 4.79 Å². The summed E-state index contributed by atoms with van der Waals surface area (Å²) in [4.78, 5) is 18.6. The molecular formula is C14H21N3O3. The molecule has 2 rings (SSSR count). The second-order valence-electron chi connectivity index (χ2n) is 5.57. The Morgan fingerprint density at radius 3 is 2.65 bits per heavy atom. The highest BCUT2D eigenvalue weighted by Gasteiger charge is 2.41. The van der Waals surface area contributed by atoms with E-state index >= 15 is 0 Å². The first-order valence-electron chi connectivity index (χ1n) is 6.97. The number of carbonyl (C=O) groups is 1. The van der Waals surface area contributed by atoms with Gasteiger partial charge in [-0.2, -0.15) is 0 Å². The molecule has 110 valence electrons. The van der Waals surface area contributed by atoms with Crippen molar-refractivity contribution in [2.24, 2.45) is 11.3 Å². The molecule has 1 heterocycles. The number of aliphatic hydroxyl groups excluding tert-OH is 1. The van der Waals surface area contributed by atoms with E-state index in [1.807, 2.05) is 0 Å². The molecule has 3 N–H and O–H groups in total. The van der Waals surface area contributed by atoms with Crippen molar-refractivity contribution < 1.29 is 15.0 Å². The molecule has 0 aromatic carbocycles. The monoisotopic (exact) mass is 279 g/mol. The predicted molar refractivity (Wildman–Crippen MR) is 74.6 cm³/mol. The van der Waals surface area contributed by atoms with Crippen LogP contribution in [0.4, 0.5) is 5.82 Å². The van der Waals surface area contributed by atoms with E-state index in [0.717, 1.165) is 25.8 Å². The zero-order chi connectivity index (χ0) is 14.6. The highest BCUT2D eigenvalue weighted by Crippen LogP contribution is 2.48. The number of hydrogen-bond acceptors (Lipinski definition) is 5. The molecular weight excluding hydrogens is 258 g/mol. The first kappa shape index (κ1) is 14.7. The summed E-state index contributed by atoms with van der Waals surface area (Å²) < 4.78 is 0. The Labute approximate surface area is 118 Å². The van der Waals surface area contributed by atoms with Gasteiger partial charge >= 0.3 is 5.97 Å². The number of hydrogen-bond donors (Lipinski definition) is 3. The fraction of sp³-hybridized carbons (Fsp3) is 0.643. The van der Waals surface area contributed by atoms with Crippen molar-refractivity contribution in [2.75, 3.05) is 18.5 Å². The maximum Gasteiger partial charge on any atom is 0.356 e. The van der Waals surface area contributed by atoms with E-state index in [0.29, 0.717) is 11.7 Å². The molecule has 1 saturated carbocycles. The summed E-state index contributed by atoms with van der Waals surface area (Å²) in [6, 6.07) is 0. The molecule has 0 saturated heterocycles. The smallest absolute Gasteiger partial charge is 0.356 e. The third-order valence-corrected chi connectivity index (χ3v) is 4.45. The molecule has 6 heteroatoms. The van der Waals surface area contributed by atoms with Crippen molar-refractivity contribution in [1.29, 1.82) is 0 Å². The second-order valence-corrected chi connectivity index (χ2v) is 5.57. The van der Waals surface area contributed by atoms with Gasteiger partial charge in [-0.1, -0.05) is 13.3 Å². The summed E-state index contributed by atoms with van der Waals surface area (Å²) in [6.45, 7) is 3.18. The average Bonchev–Trinajstić information content (AvgIpc) is 2.38. The van der Waals surface area contributed by atoms with Gasteiger partial charge in [0.1, 0.15) is 5.82 Å². The molecule has 1 atom stereocenters. The SMILES string of the molecule is CC(CCO)C1(CNc2cnc(C(=O)O)cn2)CCC1. The van der Waals surface area contributed by atoms with Gasteiger partial charge < -0.3 is 15.5 Å². The van der Waals surface area contributed by atoms with Gasteiger partial charge in [0.15, 0.2) is 5.69 Å². The summed E-state index contributed by atoms with van der Waals surface area (Å²) in [5.74, 6) is -0.0199. The van der Waals surface area contributed by atoms with E-state index in [4.69, 9.17) is 10.2 Å². The molecule has 1 fully saturated rings. The van der Waals surface area contributed by atoms with Crippen LogP contribution in [0.3, 0.4) is 0 Å². The fourth-order valence-corrected chi connectivity index (χ4v) is 2.77. The van der Waals surface area contributed by atoms with Gasteiger partial charge in [-0.25, -0.2) is 14.8 Å². The molecule has 0 spiro atoms. The van der Waals surface area contributed by atoms with Crippen molar-refractivity contribution in [3.05, 3.63) is 18.1 Å². The third kappa shape index (κ3) is 3.07. The summed E-state index contributed by atoms with van der Waals surface area (Å²) in [5.41, 5.74) is 0.165. The van der Waals surface area contributed by atoms with Crippen molar-refractivity contribution in [3.8, 4) is 0 Å². The van der Waals surface area contributed by atoms with Crippen molar-refractivity contribution in [1.82, 2.24) is 9.97 Å². The lowest BCUT2D eigenvalue weighted by molar-refractivity contribution is 0.0572. The minimum absolute atomic E-state index is 0.0532. The van der Waals surface area contributed by atoms with Crippen LogP contribution in [0.25, 0.3) is 0 Å². The number of nitrogens with one attached hydrogen (secondary N) is 1. The van der Waals surface area contributed by atoms with Gasteiger partial charge in [-0.3, -0.25) is 0 Å². The quantitative estimate of drug-likeness (QED) is 0.704. The summed E-state index contributed by atoms with van der Waals surface area (Å²) in [7, 11) is 0. The van der Waals surface area contributed by atoms with Crippen molar-refractivity contribution >= 4 is 11.8 Å². The lowest BCUT2D eigenvalue weighted by atomic mass is 9.60. The highest BCUT2D eigenvalue weighted by molar-refractivity contribution is 5.84. The van der Waals surface area contributed by atoms with Gasteiger partial charge in [0.05, 0.1) is 12.4 Å². The van der Waals surface area contributed by atoms with Gasteiger partial charge in [-0.15, -0.1) is 0 Å². The van der Waals surface area contributed by atoms with Crippen molar-refractivity contribution in [2.45, 2.75) is 32.6 Å². The number of carboxylic acid groups (broad SMARTS) is 1. The molecule has 0 amide bonds. The minimum Gasteiger partial charge on any atom is -0.476 e. The Hall–Kier alpha value is -1.69. The van der Waals surface area contributed by atoms with Crippen LogP contribution in [0.1, 0.15) is 43.1 Å². The topological polar surface area (TPSA) is 95.3 Å². The molecule has 20 heavy (non-hydrogen) atoms. The molecule has 1 aliphatic rings. The number of rotatable bonds is 7. The van der Waals surface area contributed by atoms with E-state index in [-0.39, 0.29) is 17.7 Å². The Morgan fingerprint density at radius 2 is 2.20 bits per heavy atom. The maximum absolute atomic E-state index is 10.7. The van der Waals surface area contributed by atoms with Gasteiger partial charge in [0, 0.05) is 13.2 Å². The molecule has 0 bridgehead atoms. The lowest BCUT2D eigenvalue weighted by Gasteiger charge is -2.47. The summed E-state index contributed by atoms with van der Waals surface area (Å²) >= 11 is 0. The standard InChI is InChI=1S/C14H21N3O3/c1-10(3-6-18)14(4-2-5-14)9-17-12-8-15-11(7-16-12)13(19)20/h7-8,10,18H,2-6,9H2,1H3,(H,16,17)(H,19,20). The van der Waals surface area contributed by atoms with Crippen LogP contribution in [-0.4, -0.2) is 39.3 Å². The van der Waals surface area contributed by atoms with Crippen LogP contribution in [0.2, 0.25) is 0 Å². The van der Waals surface area contributed by atoms with Gasteiger partial charge in [-0.05, 0) is 30.6 Å². The van der Waals surface area contributed by atoms with Gasteiger partial charge in [0.25, 0.3) is 0 Å². The molecule has 0 radical (unpaired) electrons. The number of anilines is 1. The molecule has 1 aliphatic carbocycles. The summed E-state index contributed by atoms with van der Waals surface area (Å²) in [5, 5.41) is 21.1. The molecule has 1 aromatic rings. The molecule has 6 nitrogen and oxygen atoms in total. The highest BCUT2D eigenvalue weighted by atomic mass is 16.4. The maximum atomic E-state index is 10.7. The fourth-order valence-electron chi connectivity index (χ4n) is 2.77. The molecule has 0 aliphatic heterocycles. The van der Waals surface area contributed by atoms with E-state index in [1.54, 1.807) is 0 Å². The predicted octanol–water partition coefficient (Wildman–Crippen LogP) is 1.78. The largest absolute Gasteiger partial charge is 0.476 e. The first-order valence-corrected chi connectivity index (χ1v) is 6.97. The van der Waals surface area contributed by atoms with E-state index in [2.05, 4.69) is 22.2 Å². The van der Waals surface area contributed by atoms with Crippen LogP contribution in [-0.2, 0) is 0 Å². The average molecular weight is 279 g/mol. The molecule has 1 aromatic heterocycles. The number of aliphatic hydroxyl groups is 1. The van der Waals surface area contributed by atoms with Crippen LogP contribution < -0.4 is 5.32 Å². The minimum atomic E-state index is -1.07. The van der Waals surface area contributed by atoms with Crippen molar-refractivity contribution in [3.63, 3.8) is 0 Å². The number of nitrogens with zero attached hydrogens (tertiary/aromatic N) is 2. The first-order chi connectivity index (χ1) is 9.57. The zero-order valence-corrected chi connectivity index (χ0v) is 11.7. The normalized spacial score (nSPS) is 18.1. The van der Waals surface area contributed by atoms with E-state index < -0.39 is 5.97 Å². The Balaban J connectivity index is 1.94. The Bertz CT molecular complexity index is 457. The second kappa shape index (κ2) is 6.17. The van der Waals surface area contributed by atoms with Crippen LogP contribution in [0, 0.1) is 11.3 Å². The lowest BCUT2D eigenvalue weighted by Crippen LogP contribution is -2.42. The Kier molecular flexibility index (Phi) is 4.54. The van der Waals surface area contributed by atoms with Crippen LogP contribution in [0.15, 0.2) is 12.4 Å². The number of aromatic carboxylic acids is 1. The number of aromatic nitrogens is 2. The van der Waals surface area contributed by atoms with E-state index in [1.165, 1.54) is 18.8 Å². The van der Waals surface area contributed by atoms with Gasteiger partial charge in [0.2, 0.25) is 0 Å². The molecule has 1 unspecified atom stereocenters. The number of carboxylic acids is 1. The third-order valence-electron chi connectivity index (χ3n) is 4.45.